The zero-order valence-corrected chi connectivity index (χ0v) is 10.7. The van der Waals surface area contributed by atoms with Gasteiger partial charge in [-0.1, -0.05) is 37.8 Å². The van der Waals surface area contributed by atoms with Crippen LogP contribution in [0.4, 0.5) is 0 Å². The Morgan fingerprint density at radius 3 is 1.33 bits per heavy atom. The molecule has 18 heavy (non-hydrogen) atoms. The maximum absolute atomic E-state index is 10.2. The van der Waals surface area contributed by atoms with Crippen molar-refractivity contribution in [3.05, 3.63) is 24.3 Å². The summed E-state index contributed by atoms with van der Waals surface area (Å²) in [5.74, 6) is -1.77. The van der Waals surface area contributed by atoms with Crippen LogP contribution in [-0.2, 0) is 9.59 Å². The van der Waals surface area contributed by atoms with Gasteiger partial charge in [0, 0.05) is 12.2 Å². The predicted octanol–water partition coefficient (Wildman–Crippen LogP) is 3.39. The molecule has 0 saturated carbocycles. The number of hydrogen-bond donors (Lipinski definition) is 2. The topological polar surface area (TPSA) is 74.6 Å². The first-order valence-electron chi connectivity index (χ1n) is 6.42. The van der Waals surface area contributed by atoms with Crippen molar-refractivity contribution in [1.82, 2.24) is 0 Å². The maximum atomic E-state index is 10.2. The molecule has 0 saturated heterocycles. The summed E-state index contributed by atoms with van der Waals surface area (Å²) in [6.45, 7) is 0. The summed E-state index contributed by atoms with van der Waals surface area (Å²) in [5, 5.41) is 16.7. The number of unbranched alkanes of at least 4 members (excludes halogenated alkanes) is 7. The van der Waals surface area contributed by atoms with Crippen LogP contribution in [0.15, 0.2) is 24.3 Å². The lowest BCUT2D eigenvalue weighted by Gasteiger charge is -1.98. The highest BCUT2D eigenvalue weighted by atomic mass is 16.4. The van der Waals surface area contributed by atoms with E-state index in [4.69, 9.17) is 10.2 Å². The van der Waals surface area contributed by atoms with E-state index in [1.807, 2.05) is 0 Å². The van der Waals surface area contributed by atoms with E-state index in [2.05, 4.69) is 0 Å². The number of hydrogen-bond acceptors (Lipinski definition) is 2. The van der Waals surface area contributed by atoms with Crippen LogP contribution in [0.2, 0.25) is 0 Å². The second-order valence-electron chi connectivity index (χ2n) is 4.18. The van der Waals surface area contributed by atoms with E-state index < -0.39 is 11.9 Å². The molecule has 0 fully saturated rings. The average Bonchev–Trinajstić information content (AvgIpc) is 2.29. The Morgan fingerprint density at radius 1 is 0.667 bits per heavy atom. The number of carboxylic acid groups (broad SMARTS) is 2. The molecule has 4 heteroatoms. The first-order chi connectivity index (χ1) is 8.63. The van der Waals surface area contributed by atoms with Gasteiger partial charge in [0.2, 0.25) is 0 Å². The molecular weight excluding hydrogens is 232 g/mol. The summed E-state index contributed by atoms with van der Waals surface area (Å²) in [4.78, 5) is 20.3. The second kappa shape index (κ2) is 11.9. The smallest absolute Gasteiger partial charge is 0.327 e. The van der Waals surface area contributed by atoms with Gasteiger partial charge >= 0.3 is 11.9 Å². The van der Waals surface area contributed by atoms with Crippen molar-refractivity contribution in [2.75, 3.05) is 0 Å². The van der Waals surface area contributed by atoms with Crippen LogP contribution in [0.1, 0.15) is 51.4 Å². The van der Waals surface area contributed by atoms with Crippen molar-refractivity contribution in [2.24, 2.45) is 0 Å². The van der Waals surface area contributed by atoms with Crippen LogP contribution in [0.5, 0.6) is 0 Å². The van der Waals surface area contributed by atoms with Crippen LogP contribution in [0.25, 0.3) is 0 Å². The van der Waals surface area contributed by atoms with Crippen LogP contribution in [0.3, 0.4) is 0 Å². The van der Waals surface area contributed by atoms with E-state index in [-0.39, 0.29) is 0 Å². The van der Waals surface area contributed by atoms with Gasteiger partial charge in [-0.3, -0.25) is 0 Å². The number of aliphatic carboxylic acids is 2. The zero-order valence-electron chi connectivity index (χ0n) is 10.7. The Kier molecular flexibility index (Phi) is 10.8. The van der Waals surface area contributed by atoms with Crippen LogP contribution >= 0.6 is 0 Å². The van der Waals surface area contributed by atoms with Crippen LogP contribution < -0.4 is 0 Å². The molecule has 0 aliphatic rings. The van der Waals surface area contributed by atoms with Crippen LogP contribution in [-0.4, -0.2) is 22.2 Å². The summed E-state index contributed by atoms with van der Waals surface area (Å²) in [7, 11) is 0. The van der Waals surface area contributed by atoms with E-state index in [0.717, 1.165) is 51.4 Å². The lowest BCUT2D eigenvalue weighted by atomic mass is 10.1. The third-order valence-electron chi connectivity index (χ3n) is 2.51. The van der Waals surface area contributed by atoms with Gasteiger partial charge in [-0.05, 0) is 25.7 Å². The third-order valence-corrected chi connectivity index (χ3v) is 2.51. The van der Waals surface area contributed by atoms with Crippen LogP contribution in [0, 0.1) is 0 Å². The summed E-state index contributed by atoms with van der Waals surface area (Å²) in [6, 6.07) is 0. The molecule has 0 unspecified atom stereocenters. The standard InChI is InChI=1S/C14H22O4/c15-13(16)11-9-7-5-3-1-2-4-6-8-10-12-14(17)18/h9-12H,1-8H2,(H,15,16)(H,17,18)/b11-9+,12-10+. The van der Waals surface area contributed by atoms with E-state index in [9.17, 15) is 9.59 Å². The van der Waals surface area contributed by atoms with E-state index in [1.165, 1.54) is 12.2 Å². The predicted molar refractivity (Wildman–Crippen MR) is 70.5 cm³/mol. The van der Waals surface area contributed by atoms with Crippen molar-refractivity contribution in [3.63, 3.8) is 0 Å². The SMILES string of the molecule is O=C(O)/C=C/CCCCCCCC/C=C/C(=O)O. The molecule has 0 heterocycles. The molecule has 0 aromatic heterocycles. The molecule has 0 aromatic rings. The van der Waals surface area contributed by atoms with Gasteiger partial charge in [-0.2, -0.15) is 0 Å². The fourth-order valence-electron chi connectivity index (χ4n) is 1.60. The van der Waals surface area contributed by atoms with Crippen molar-refractivity contribution in [2.45, 2.75) is 51.4 Å². The third kappa shape index (κ3) is 14.4. The van der Waals surface area contributed by atoms with Gasteiger partial charge in [-0.15, -0.1) is 0 Å². The molecule has 2 N–H and O–H groups in total. The normalized spacial score (nSPS) is 11.3. The molecule has 0 radical (unpaired) electrons. The van der Waals surface area contributed by atoms with Crippen molar-refractivity contribution >= 4 is 11.9 Å². The summed E-state index contributed by atoms with van der Waals surface area (Å²) in [5.41, 5.74) is 0. The molecule has 102 valence electrons. The zero-order chi connectivity index (χ0) is 13.6. The van der Waals surface area contributed by atoms with Gasteiger partial charge in [0.25, 0.3) is 0 Å². The highest BCUT2D eigenvalue weighted by Gasteiger charge is 1.91. The van der Waals surface area contributed by atoms with E-state index >= 15 is 0 Å². The summed E-state index contributed by atoms with van der Waals surface area (Å²) < 4.78 is 0. The lowest BCUT2D eigenvalue weighted by Crippen LogP contribution is -1.86. The number of rotatable bonds is 11. The Balaban J connectivity index is 3.17. The maximum Gasteiger partial charge on any atom is 0.327 e. The van der Waals surface area contributed by atoms with Gasteiger partial charge in [0.1, 0.15) is 0 Å². The molecular formula is C14H22O4. The fourth-order valence-corrected chi connectivity index (χ4v) is 1.60. The molecule has 0 aromatic carbocycles. The van der Waals surface area contributed by atoms with Crippen molar-refractivity contribution in [1.29, 1.82) is 0 Å². The molecule has 0 atom stereocenters. The van der Waals surface area contributed by atoms with Gasteiger partial charge in [-0.25, -0.2) is 9.59 Å². The Hall–Kier alpha value is -1.58. The Bertz CT molecular complexity index is 262. The summed E-state index contributed by atoms with van der Waals surface area (Å²) in [6.07, 6.45) is 14.0. The van der Waals surface area contributed by atoms with E-state index in [1.54, 1.807) is 12.2 Å². The minimum Gasteiger partial charge on any atom is -0.478 e. The Labute approximate surface area is 108 Å². The number of carbonyl (C=O) groups is 2. The monoisotopic (exact) mass is 254 g/mol. The first kappa shape index (κ1) is 16.4. The number of allylic oxidation sites excluding steroid dienone is 2. The Morgan fingerprint density at radius 2 is 1.00 bits per heavy atom. The molecule has 0 bridgehead atoms. The highest BCUT2D eigenvalue weighted by Crippen LogP contribution is 2.09. The molecule has 0 rings (SSSR count). The number of carboxylic acids is 2. The van der Waals surface area contributed by atoms with Gasteiger partial charge in [0.15, 0.2) is 0 Å². The van der Waals surface area contributed by atoms with Gasteiger partial charge < -0.3 is 10.2 Å². The van der Waals surface area contributed by atoms with E-state index in [0.29, 0.717) is 0 Å². The molecule has 0 spiro atoms. The van der Waals surface area contributed by atoms with Crippen molar-refractivity contribution in [3.8, 4) is 0 Å². The molecule has 4 nitrogen and oxygen atoms in total. The lowest BCUT2D eigenvalue weighted by molar-refractivity contribution is -0.132. The second-order valence-corrected chi connectivity index (χ2v) is 4.18. The molecule has 0 aliphatic carbocycles. The first-order valence-corrected chi connectivity index (χ1v) is 6.42. The average molecular weight is 254 g/mol. The van der Waals surface area contributed by atoms with Crippen molar-refractivity contribution < 1.29 is 19.8 Å². The minimum absolute atomic E-state index is 0.827. The molecule has 0 amide bonds. The highest BCUT2D eigenvalue weighted by molar-refractivity contribution is 5.79. The fraction of sp³-hybridized carbons (Fsp3) is 0.571. The largest absolute Gasteiger partial charge is 0.478 e. The summed E-state index contributed by atoms with van der Waals surface area (Å²) >= 11 is 0. The minimum atomic E-state index is -0.885. The molecule has 0 aliphatic heterocycles. The van der Waals surface area contributed by atoms with Gasteiger partial charge in [0.05, 0.1) is 0 Å². The quantitative estimate of drug-likeness (QED) is 0.438.